The van der Waals surface area contributed by atoms with Gasteiger partial charge in [-0.25, -0.2) is 0 Å². The van der Waals surface area contributed by atoms with Gasteiger partial charge in [0.05, 0.1) is 22.1 Å². The first kappa shape index (κ1) is 20.3. The van der Waals surface area contributed by atoms with Crippen LogP contribution in [0.15, 0.2) is 109 Å². The molecule has 1 aliphatic rings. The molecule has 0 saturated heterocycles. The van der Waals surface area contributed by atoms with Gasteiger partial charge >= 0.3 is 0 Å². The molecule has 2 heteroatoms. The lowest BCUT2D eigenvalue weighted by Gasteiger charge is -2.42. The van der Waals surface area contributed by atoms with E-state index in [0.717, 1.165) is 5.46 Å². The van der Waals surface area contributed by atoms with Crippen molar-refractivity contribution in [2.75, 3.05) is 0 Å². The Morgan fingerprint density at radius 2 is 1.20 bits per heavy atom. The van der Waals surface area contributed by atoms with Gasteiger partial charge in [-0.1, -0.05) is 114 Å². The molecule has 164 valence electrons. The van der Waals surface area contributed by atoms with Gasteiger partial charge in [-0.05, 0) is 48.2 Å². The van der Waals surface area contributed by atoms with Crippen LogP contribution in [0.25, 0.3) is 27.5 Å². The maximum Gasteiger partial charge on any atom is 0.113 e. The molecule has 0 atom stereocenters. The fourth-order valence-electron chi connectivity index (χ4n) is 6.18. The summed E-state index contributed by atoms with van der Waals surface area (Å²) >= 11 is 0. The SMILES string of the molecule is [B]c1cc2c3c(c1)c1ccccc1n3-c1ccccc1C2(c1ccc(C)cc1)c1ccc(C)cc1. The summed E-state index contributed by atoms with van der Waals surface area (Å²) in [5.41, 5.74) is 11.5. The minimum Gasteiger partial charge on any atom is -0.309 e. The lowest BCUT2D eigenvalue weighted by molar-refractivity contribution is 0.728. The van der Waals surface area contributed by atoms with Crippen molar-refractivity contribution in [2.45, 2.75) is 19.3 Å². The van der Waals surface area contributed by atoms with Crippen molar-refractivity contribution in [3.63, 3.8) is 0 Å². The Morgan fingerprint density at radius 3 is 1.89 bits per heavy atom. The minimum absolute atomic E-state index is 0.490. The number of para-hydroxylation sites is 2. The molecule has 0 N–H and O–H groups in total. The Bertz CT molecular complexity index is 1710. The van der Waals surface area contributed by atoms with Gasteiger partial charge in [0, 0.05) is 10.8 Å². The summed E-state index contributed by atoms with van der Waals surface area (Å²) in [6, 6.07) is 39.9. The van der Waals surface area contributed by atoms with Crippen LogP contribution in [0.1, 0.15) is 33.4 Å². The molecule has 7 rings (SSSR count). The van der Waals surface area contributed by atoms with E-state index in [4.69, 9.17) is 7.85 Å². The van der Waals surface area contributed by atoms with E-state index in [1.54, 1.807) is 0 Å². The summed E-state index contributed by atoms with van der Waals surface area (Å²) in [4.78, 5) is 0. The molecule has 2 radical (unpaired) electrons. The third kappa shape index (κ3) is 2.65. The maximum absolute atomic E-state index is 6.66. The Morgan fingerprint density at radius 1 is 0.600 bits per heavy atom. The molecule has 0 fully saturated rings. The van der Waals surface area contributed by atoms with Crippen molar-refractivity contribution in [3.05, 3.63) is 143 Å². The molecule has 2 heterocycles. The highest BCUT2D eigenvalue weighted by Gasteiger charge is 2.45. The minimum atomic E-state index is -0.490. The second-order valence-electron chi connectivity index (χ2n) is 9.82. The van der Waals surface area contributed by atoms with Gasteiger partial charge in [0.25, 0.3) is 0 Å². The zero-order chi connectivity index (χ0) is 23.7. The number of aromatic nitrogens is 1. The van der Waals surface area contributed by atoms with E-state index in [1.165, 1.54) is 60.9 Å². The number of hydrogen-bond donors (Lipinski definition) is 0. The summed E-state index contributed by atoms with van der Waals surface area (Å²) < 4.78 is 2.44. The van der Waals surface area contributed by atoms with Crippen LogP contribution >= 0.6 is 0 Å². The first-order chi connectivity index (χ1) is 17.1. The first-order valence-electron chi connectivity index (χ1n) is 12.2. The van der Waals surface area contributed by atoms with E-state index < -0.39 is 5.41 Å². The molecule has 0 unspecified atom stereocenters. The summed E-state index contributed by atoms with van der Waals surface area (Å²) in [6.07, 6.45) is 0. The third-order valence-corrected chi connectivity index (χ3v) is 7.71. The maximum atomic E-state index is 6.66. The van der Waals surface area contributed by atoms with Gasteiger partial charge < -0.3 is 4.57 Å². The van der Waals surface area contributed by atoms with E-state index in [9.17, 15) is 0 Å². The molecule has 0 aliphatic carbocycles. The number of aryl methyl sites for hydroxylation is 2. The smallest absolute Gasteiger partial charge is 0.113 e. The molecule has 35 heavy (non-hydrogen) atoms. The number of benzene rings is 5. The highest BCUT2D eigenvalue weighted by atomic mass is 15.0. The average molecular weight is 445 g/mol. The van der Waals surface area contributed by atoms with Crippen molar-refractivity contribution in [3.8, 4) is 5.69 Å². The number of rotatable bonds is 2. The first-order valence-corrected chi connectivity index (χ1v) is 12.2. The van der Waals surface area contributed by atoms with Crippen LogP contribution < -0.4 is 5.46 Å². The second-order valence-corrected chi connectivity index (χ2v) is 9.82. The van der Waals surface area contributed by atoms with Crippen LogP contribution in [0.2, 0.25) is 0 Å². The van der Waals surface area contributed by atoms with E-state index >= 15 is 0 Å². The normalized spacial score (nSPS) is 13.8. The Labute approximate surface area is 207 Å². The van der Waals surface area contributed by atoms with Crippen LogP contribution in [0, 0.1) is 13.8 Å². The summed E-state index contributed by atoms with van der Waals surface area (Å²) in [7, 11) is 6.66. The summed E-state index contributed by atoms with van der Waals surface area (Å²) in [5, 5.41) is 2.43. The highest BCUT2D eigenvalue weighted by Crippen LogP contribution is 2.53. The van der Waals surface area contributed by atoms with E-state index in [0.29, 0.717) is 0 Å². The highest BCUT2D eigenvalue weighted by molar-refractivity contribution is 6.34. The van der Waals surface area contributed by atoms with Crippen molar-refractivity contribution in [1.82, 2.24) is 4.57 Å². The molecule has 1 aromatic heterocycles. The molecule has 0 bridgehead atoms. The molecule has 1 aliphatic heterocycles. The molecule has 1 nitrogen and oxygen atoms in total. The van der Waals surface area contributed by atoms with Crippen LogP contribution in [-0.4, -0.2) is 12.4 Å². The van der Waals surface area contributed by atoms with Gasteiger partial charge in [-0.15, -0.1) is 0 Å². The zero-order valence-electron chi connectivity index (χ0n) is 19.9. The standard InChI is InChI=1S/C33H24BN/c1-21-11-15-23(16-12-21)33(24-17-13-22(2)14-18-24)28-8-4-6-10-31(28)35-30-9-5-3-7-26(30)27-19-25(34)20-29(33)32(27)35/h3-20H,1-2H3. The number of nitrogens with zero attached hydrogens (tertiary/aromatic N) is 1. The average Bonchev–Trinajstić information content (AvgIpc) is 3.21. The molecule has 0 spiro atoms. The van der Waals surface area contributed by atoms with Crippen LogP contribution in [0.5, 0.6) is 0 Å². The summed E-state index contributed by atoms with van der Waals surface area (Å²) in [5.74, 6) is 0. The van der Waals surface area contributed by atoms with Crippen molar-refractivity contribution < 1.29 is 0 Å². The number of fused-ring (bicyclic) bond motifs is 5. The number of hydrogen-bond acceptors (Lipinski definition) is 0. The molecule has 5 aromatic carbocycles. The molecule has 6 aromatic rings. The van der Waals surface area contributed by atoms with Gasteiger partial charge in [-0.2, -0.15) is 0 Å². The van der Waals surface area contributed by atoms with E-state index in [2.05, 4.69) is 128 Å². The Kier molecular flexibility index (Phi) is 4.20. The van der Waals surface area contributed by atoms with Crippen LogP contribution in [0.3, 0.4) is 0 Å². The molecular weight excluding hydrogens is 421 g/mol. The quantitative estimate of drug-likeness (QED) is 0.256. The Hall–Kier alpha value is -4.04. The van der Waals surface area contributed by atoms with Gasteiger partial charge in [0.1, 0.15) is 7.85 Å². The lowest BCUT2D eigenvalue weighted by Crippen LogP contribution is -2.36. The lowest BCUT2D eigenvalue weighted by atomic mass is 9.62. The summed E-state index contributed by atoms with van der Waals surface area (Å²) in [6.45, 7) is 4.29. The second kappa shape index (κ2) is 7.23. The fraction of sp³-hybridized carbons (Fsp3) is 0.0909. The van der Waals surface area contributed by atoms with E-state index in [-0.39, 0.29) is 0 Å². The van der Waals surface area contributed by atoms with Gasteiger partial charge in [0.2, 0.25) is 0 Å². The van der Waals surface area contributed by atoms with Crippen LogP contribution in [0.4, 0.5) is 0 Å². The van der Waals surface area contributed by atoms with Crippen molar-refractivity contribution in [1.29, 1.82) is 0 Å². The molecule has 0 saturated carbocycles. The zero-order valence-corrected chi connectivity index (χ0v) is 19.9. The van der Waals surface area contributed by atoms with Crippen molar-refractivity contribution >= 4 is 35.1 Å². The van der Waals surface area contributed by atoms with Gasteiger partial charge in [0.15, 0.2) is 0 Å². The largest absolute Gasteiger partial charge is 0.309 e. The predicted octanol–water partition coefficient (Wildman–Crippen LogP) is 6.89. The van der Waals surface area contributed by atoms with E-state index in [1.807, 2.05) is 0 Å². The monoisotopic (exact) mass is 445 g/mol. The Balaban J connectivity index is 1.78. The fourth-order valence-corrected chi connectivity index (χ4v) is 6.18. The predicted molar refractivity (Wildman–Crippen MR) is 148 cm³/mol. The molecule has 0 amide bonds. The van der Waals surface area contributed by atoms with Gasteiger partial charge in [-0.3, -0.25) is 0 Å². The topological polar surface area (TPSA) is 4.93 Å². The molecular formula is C33H24BN. The van der Waals surface area contributed by atoms with Crippen molar-refractivity contribution in [2.24, 2.45) is 0 Å². The van der Waals surface area contributed by atoms with Crippen LogP contribution in [-0.2, 0) is 5.41 Å². The third-order valence-electron chi connectivity index (χ3n) is 7.71.